The zero-order chi connectivity index (χ0) is 15.4. The van der Waals surface area contributed by atoms with Gasteiger partial charge in [-0.2, -0.15) is 0 Å². The van der Waals surface area contributed by atoms with E-state index in [-0.39, 0.29) is 5.91 Å². The molecule has 2 rings (SSSR count). The molecule has 1 amide bonds. The number of aryl methyl sites for hydroxylation is 2. The lowest BCUT2D eigenvalue weighted by Crippen LogP contribution is -2.27. The molecule has 0 fully saturated rings. The Bertz CT molecular complexity index is 652. The minimum absolute atomic E-state index is 0.0215. The van der Waals surface area contributed by atoms with Gasteiger partial charge in [0.25, 0.3) is 5.91 Å². The smallest absolute Gasteiger partial charge is 0.255 e. The van der Waals surface area contributed by atoms with Crippen LogP contribution >= 0.6 is 0 Å². The van der Waals surface area contributed by atoms with Crippen LogP contribution in [-0.2, 0) is 13.1 Å². The summed E-state index contributed by atoms with van der Waals surface area (Å²) in [5.74, 6) is -0.0215. The molecule has 110 valence electrons. The van der Waals surface area contributed by atoms with Gasteiger partial charge >= 0.3 is 0 Å². The van der Waals surface area contributed by atoms with E-state index in [1.165, 1.54) is 0 Å². The average Bonchev–Trinajstić information content (AvgIpc) is 2.47. The van der Waals surface area contributed by atoms with Gasteiger partial charge in [0.1, 0.15) is 0 Å². The summed E-state index contributed by atoms with van der Waals surface area (Å²) < 4.78 is 0. The number of pyridine rings is 1. The molecule has 2 aromatic rings. The van der Waals surface area contributed by atoms with Gasteiger partial charge in [0, 0.05) is 25.8 Å². The van der Waals surface area contributed by atoms with E-state index < -0.39 is 0 Å². The molecule has 0 aliphatic rings. The summed E-state index contributed by atoms with van der Waals surface area (Å²) in [7, 11) is 1.80. The summed E-state index contributed by atoms with van der Waals surface area (Å²) >= 11 is 0. The van der Waals surface area contributed by atoms with E-state index in [0.29, 0.717) is 18.7 Å². The number of rotatable bonds is 4. The highest BCUT2D eigenvalue weighted by Crippen LogP contribution is 2.14. The third kappa shape index (κ3) is 3.47. The van der Waals surface area contributed by atoms with Crippen molar-refractivity contribution in [1.29, 1.82) is 0 Å². The molecule has 1 heterocycles. The molecule has 2 N–H and O–H groups in total. The molecule has 0 aliphatic carbocycles. The first kappa shape index (κ1) is 15.2. The predicted molar refractivity (Wildman–Crippen MR) is 83.8 cm³/mol. The van der Waals surface area contributed by atoms with Crippen molar-refractivity contribution >= 4 is 5.91 Å². The van der Waals surface area contributed by atoms with Gasteiger partial charge in [0.15, 0.2) is 0 Å². The van der Waals surface area contributed by atoms with E-state index >= 15 is 0 Å². The van der Waals surface area contributed by atoms with Crippen molar-refractivity contribution in [3.63, 3.8) is 0 Å². The fourth-order valence-corrected chi connectivity index (χ4v) is 2.36. The van der Waals surface area contributed by atoms with Crippen LogP contribution in [0.5, 0.6) is 0 Å². The third-order valence-electron chi connectivity index (χ3n) is 3.55. The fraction of sp³-hybridized carbons (Fsp3) is 0.294. The van der Waals surface area contributed by atoms with Gasteiger partial charge in [-0.05, 0) is 37.1 Å². The van der Waals surface area contributed by atoms with Crippen LogP contribution in [0.15, 0.2) is 36.4 Å². The van der Waals surface area contributed by atoms with Crippen LogP contribution in [-0.4, -0.2) is 22.8 Å². The number of aromatic nitrogens is 1. The van der Waals surface area contributed by atoms with Crippen molar-refractivity contribution < 1.29 is 4.79 Å². The second-order valence-electron chi connectivity index (χ2n) is 5.22. The minimum atomic E-state index is -0.0215. The highest BCUT2D eigenvalue weighted by molar-refractivity contribution is 5.95. The highest BCUT2D eigenvalue weighted by atomic mass is 16.2. The van der Waals surface area contributed by atoms with Crippen LogP contribution in [0.2, 0.25) is 0 Å². The number of hydrogen-bond donors (Lipinski definition) is 1. The van der Waals surface area contributed by atoms with Gasteiger partial charge in [-0.1, -0.05) is 24.3 Å². The first-order valence-corrected chi connectivity index (χ1v) is 6.99. The van der Waals surface area contributed by atoms with Crippen LogP contribution in [0, 0.1) is 13.8 Å². The van der Waals surface area contributed by atoms with Crippen molar-refractivity contribution in [2.75, 3.05) is 7.05 Å². The molecular formula is C17H21N3O. The molecule has 1 aromatic carbocycles. The molecule has 0 saturated heterocycles. The van der Waals surface area contributed by atoms with E-state index in [1.54, 1.807) is 11.9 Å². The molecule has 21 heavy (non-hydrogen) atoms. The van der Waals surface area contributed by atoms with Gasteiger partial charge in [-0.15, -0.1) is 0 Å². The number of carbonyl (C=O) groups is 1. The van der Waals surface area contributed by atoms with E-state index in [4.69, 9.17) is 5.73 Å². The molecule has 0 saturated carbocycles. The summed E-state index contributed by atoms with van der Waals surface area (Å²) in [6.45, 7) is 4.80. The Labute approximate surface area is 125 Å². The van der Waals surface area contributed by atoms with Crippen molar-refractivity contribution in [1.82, 2.24) is 9.88 Å². The lowest BCUT2D eigenvalue weighted by Gasteiger charge is -2.20. The van der Waals surface area contributed by atoms with E-state index in [1.807, 2.05) is 50.2 Å². The van der Waals surface area contributed by atoms with Crippen molar-refractivity contribution in [3.05, 3.63) is 64.5 Å². The number of nitrogens with zero attached hydrogens (tertiary/aromatic N) is 2. The van der Waals surface area contributed by atoms with Crippen LogP contribution in [0.25, 0.3) is 0 Å². The molecule has 4 nitrogen and oxygen atoms in total. The number of carbonyl (C=O) groups excluding carboxylic acids is 1. The van der Waals surface area contributed by atoms with Crippen molar-refractivity contribution in [3.8, 4) is 0 Å². The Morgan fingerprint density at radius 2 is 1.81 bits per heavy atom. The first-order valence-electron chi connectivity index (χ1n) is 6.99. The summed E-state index contributed by atoms with van der Waals surface area (Å²) in [6, 6.07) is 11.6. The summed E-state index contributed by atoms with van der Waals surface area (Å²) in [5.41, 5.74) is 10.2. The lowest BCUT2D eigenvalue weighted by molar-refractivity contribution is 0.0783. The zero-order valence-corrected chi connectivity index (χ0v) is 12.8. The van der Waals surface area contributed by atoms with Crippen molar-refractivity contribution in [2.24, 2.45) is 5.73 Å². The van der Waals surface area contributed by atoms with Crippen LogP contribution in [0.1, 0.15) is 32.9 Å². The molecular weight excluding hydrogens is 262 g/mol. The van der Waals surface area contributed by atoms with Crippen LogP contribution < -0.4 is 5.73 Å². The first-order chi connectivity index (χ1) is 10.0. The molecule has 0 unspecified atom stereocenters. The Hall–Kier alpha value is -2.20. The SMILES string of the molecule is Cc1ccc(C(=O)N(C)Cc2ccccc2CN)c(C)n1. The van der Waals surface area contributed by atoms with Gasteiger partial charge in [-0.25, -0.2) is 0 Å². The fourth-order valence-electron chi connectivity index (χ4n) is 2.36. The second kappa shape index (κ2) is 6.50. The Kier molecular flexibility index (Phi) is 4.70. The van der Waals surface area contributed by atoms with Gasteiger partial charge in [-0.3, -0.25) is 9.78 Å². The normalized spacial score (nSPS) is 10.5. The number of amides is 1. The second-order valence-corrected chi connectivity index (χ2v) is 5.22. The van der Waals surface area contributed by atoms with Crippen molar-refractivity contribution in [2.45, 2.75) is 26.9 Å². The highest BCUT2D eigenvalue weighted by Gasteiger charge is 2.16. The summed E-state index contributed by atoms with van der Waals surface area (Å²) in [5, 5.41) is 0. The standard InChI is InChI=1S/C17H21N3O/c1-12-8-9-16(13(2)19-12)17(21)20(3)11-15-7-5-4-6-14(15)10-18/h4-9H,10-11,18H2,1-3H3. The Morgan fingerprint density at radius 1 is 1.14 bits per heavy atom. The quantitative estimate of drug-likeness (QED) is 0.937. The third-order valence-corrected chi connectivity index (χ3v) is 3.55. The Morgan fingerprint density at radius 3 is 2.43 bits per heavy atom. The summed E-state index contributed by atoms with van der Waals surface area (Å²) in [6.07, 6.45) is 0. The molecule has 0 spiro atoms. The molecule has 0 atom stereocenters. The van der Waals surface area contributed by atoms with Gasteiger partial charge < -0.3 is 10.6 Å². The maximum atomic E-state index is 12.5. The van der Waals surface area contributed by atoms with E-state index in [2.05, 4.69) is 4.98 Å². The maximum absolute atomic E-state index is 12.5. The number of benzene rings is 1. The molecule has 0 radical (unpaired) electrons. The topological polar surface area (TPSA) is 59.2 Å². The van der Waals surface area contributed by atoms with Gasteiger partial charge in [0.2, 0.25) is 0 Å². The molecule has 0 aliphatic heterocycles. The molecule has 0 bridgehead atoms. The van der Waals surface area contributed by atoms with E-state index in [9.17, 15) is 4.79 Å². The van der Waals surface area contributed by atoms with Crippen LogP contribution in [0.4, 0.5) is 0 Å². The number of hydrogen-bond acceptors (Lipinski definition) is 3. The average molecular weight is 283 g/mol. The minimum Gasteiger partial charge on any atom is -0.337 e. The van der Waals surface area contributed by atoms with Gasteiger partial charge in [0.05, 0.1) is 11.3 Å². The molecule has 1 aromatic heterocycles. The zero-order valence-electron chi connectivity index (χ0n) is 12.8. The number of nitrogens with two attached hydrogens (primary N) is 1. The lowest BCUT2D eigenvalue weighted by atomic mass is 10.1. The Balaban J connectivity index is 2.19. The van der Waals surface area contributed by atoms with E-state index in [0.717, 1.165) is 22.5 Å². The maximum Gasteiger partial charge on any atom is 0.255 e. The summed E-state index contributed by atoms with van der Waals surface area (Å²) in [4.78, 5) is 18.6. The largest absolute Gasteiger partial charge is 0.337 e. The molecule has 4 heteroatoms. The van der Waals surface area contributed by atoms with Crippen LogP contribution in [0.3, 0.4) is 0 Å². The predicted octanol–water partition coefficient (Wildman–Crippen LogP) is 2.43. The monoisotopic (exact) mass is 283 g/mol.